The van der Waals surface area contributed by atoms with Gasteiger partial charge < -0.3 is 9.67 Å². The molecule has 0 amide bonds. The zero-order valence-electron chi connectivity index (χ0n) is 11.6. The lowest BCUT2D eigenvalue weighted by Crippen LogP contribution is -2.25. The lowest BCUT2D eigenvalue weighted by molar-refractivity contribution is 0.0898. The van der Waals surface area contributed by atoms with Crippen LogP contribution in [0.25, 0.3) is 11.0 Å². The third-order valence-corrected chi connectivity index (χ3v) is 3.93. The van der Waals surface area contributed by atoms with E-state index in [0.29, 0.717) is 12.3 Å². The van der Waals surface area contributed by atoms with Gasteiger partial charge in [-0.2, -0.15) is 0 Å². The fraction of sp³-hybridized carbons (Fsp3) is 0.533. The first-order valence-corrected chi connectivity index (χ1v) is 6.59. The summed E-state index contributed by atoms with van der Waals surface area (Å²) in [4.78, 5) is 4.60. The van der Waals surface area contributed by atoms with E-state index in [1.807, 2.05) is 25.2 Å². The van der Waals surface area contributed by atoms with Crippen molar-refractivity contribution in [2.24, 2.45) is 18.9 Å². The Bertz CT molecular complexity index is 530. The molecule has 0 aliphatic carbocycles. The molecule has 98 valence electrons. The second kappa shape index (κ2) is 5.11. The lowest BCUT2D eigenvalue weighted by atomic mass is 9.90. The first-order chi connectivity index (χ1) is 8.50. The quantitative estimate of drug-likeness (QED) is 0.900. The molecule has 1 heterocycles. The molecule has 2 rings (SSSR count). The monoisotopic (exact) mass is 246 g/mol. The molecule has 2 unspecified atom stereocenters. The molecule has 0 bridgehead atoms. The Morgan fingerprint density at radius 1 is 1.22 bits per heavy atom. The van der Waals surface area contributed by atoms with E-state index in [0.717, 1.165) is 16.9 Å². The summed E-state index contributed by atoms with van der Waals surface area (Å²) in [5, 5.41) is 10.2. The third-order valence-electron chi connectivity index (χ3n) is 3.93. The molecule has 0 aliphatic rings. The van der Waals surface area contributed by atoms with Gasteiger partial charge in [-0.25, -0.2) is 4.98 Å². The van der Waals surface area contributed by atoms with Crippen LogP contribution < -0.4 is 0 Å². The number of aliphatic hydroxyl groups is 1. The van der Waals surface area contributed by atoms with Gasteiger partial charge in [0.1, 0.15) is 5.82 Å². The zero-order chi connectivity index (χ0) is 13.3. The molecule has 1 aromatic carbocycles. The average Bonchev–Trinajstić information content (AvgIpc) is 2.66. The second-order valence-corrected chi connectivity index (χ2v) is 5.45. The molecular formula is C15H22N2O. The largest absolute Gasteiger partial charge is 0.392 e. The van der Waals surface area contributed by atoms with Crippen LogP contribution in [0, 0.1) is 11.8 Å². The number of aliphatic hydroxyl groups excluding tert-OH is 1. The molecule has 0 radical (unpaired) electrons. The molecule has 1 N–H and O–H groups in total. The number of hydrogen-bond donors (Lipinski definition) is 1. The minimum Gasteiger partial charge on any atom is -0.392 e. The van der Waals surface area contributed by atoms with Crippen molar-refractivity contribution in [3.05, 3.63) is 30.1 Å². The molecule has 0 saturated heterocycles. The number of hydrogen-bond acceptors (Lipinski definition) is 2. The number of fused-ring (bicyclic) bond motifs is 1. The molecule has 18 heavy (non-hydrogen) atoms. The van der Waals surface area contributed by atoms with Crippen LogP contribution in [0.1, 0.15) is 26.6 Å². The molecule has 0 aliphatic heterocycles. The van der Waals surface area contributed by atoms with Crippen molar-refractivity contribution in [3.63, 3.8) is 0 Å². The van der Waals surface area contributed by atoms with Crippen LogP contribution in [0.5, 0.6) is 0 Å². The Morgan fingerprint density at radius 3 is 2.50 bits per heavy atom. The maximum Gasteiger partial charge on any atom is 0.112 e. The van der Waals surface area contributed by atoms with Gasteiger partial charge in [0.05, 0.1) is 17.1 Å². The molecular weight excluding hydrogens is 224 g/mol. The fourth-order valence-electron chi connectivity index (χ4n) is 2.20. The van der Waals surface area contributed by atoms with E-state index in [1.165, 1.54) is 0 Å². The Hall–Kier alpha value is -1.35. The summed E-state index contributed by atoms with van der Waals surface area (Å²) in [6.45, 7) is 6.38. The van der Waals surface area contributed by atoms with Gasteiger partial charge in [0, 0.05) is 13.5 Å². The number of aromatic nitrogens is 2. The summed E-state index contributed by atoms with van der Waals surface area (Å²) in [7, 11) is 2.01. The van der Waals surface area contributed by atoms with Crippen LogP contribution in [0.2, 0.25) is 0 Å². The van der Waals surface area contributed by atoms with E-state index in [9.17, 15) is 5.11 Å². The van der Waals surface area contributed by atoms with Crippen molar-refractivity contribution in [1.82, 2.24) is 9.55 Å². The van der Waals surface area contributed by atoms with Crippen LogP contribution in [-0.4, -0.2) is 20.8 Å². The maximum absolute atomic E-state index is 10.2. The van der Waals surface area contributed by atoms with Crippen molar-refractivity contribution < 1.29 is 5.11 Å². The number of benzene rings is 1. The van der Waals surface area contributed by atoms with Gasteiger partial charge in [-0.1, -0.05) is 32.9 Å². The number of aryl methyl sites for hydroxylation is 1. The topological polar surface area (TPSA) is 38.1 Å². The highest BCUT2D eigenvalue weighted by atomic mass is 16.3. The van der Waals surface area contributed by atoms with Crippen molar-refractivity contribution in [2.45, 2.75) is 33.3 Å². The van der Waals surface area contributed by atoms with E-state index >= 15 is 0 Å². The normalized spacial score (nSPS) is 15.2. The predicted octanol–water partition coefficient (Wildman–Crippen LogP) is 2.77. The van der Waals surface area contributed by atoms with Crippen molar-refractivity contribution >= 4 is 11.0 Å². The van der Waals surface area contributed by atoms with Gasteiger partial charge in [-0.05, 0) is 24.0 Å². The van der Waals surface area contributed by atoms with Crippen molar-refractivity contribution in [1.29, 1.82) is 0 Å². The average molecular weight is 246 g/mol. The smallest absolute Gasteiger partial charge is 0.112 e. The number of imidazole rings is 1. The van der Waals surface area contributed by atoms with Crippen molar-refractivity contribution in [2.75, 3.05) is 0 Å². The molecule has 3 nitrogen and oxygen atoms in total. The molecule has 1 aromatic heterocycles. The van der Waals surface area contributed by atoms with E-state index < -0.39 is 0 Å². The highest BCUT2D eigenvalue weighted by Gasteiger charge is 2.20. The van der Waals surface area contributed by atoms with Gasteiger partial charge in [-0.15, -0.1) is 0 Å². The van der Waals surface area contributed by atoms with Gasteiger partial charge >= 0.3 is 0 Å². The summed E-state index contributed by atoms with van der Waals surface area (Å²) >= 11 is 0. The third kappa shape index (κ3) is 2.41. The highest BCUT2D eigenvalue weighted by Crippen LogP contribution is 2.20. The molecule has 2 atom stereocenters. The van der Waals surface area contributed by atoms with Crippen LogP contribution in [0.3, 0.4) is 0 Å². The Balaban J connectivity index is 2.24. The van der Waals surface area contributed by atoms with Crippen LogP contribution in [0.15, 0.2) is 24.3 Å². The van der Waals surface area contributed by atoms with E-state index in [4.69, 9.17) is 0 Å². The molecule has 2 aromatic rings. The predicted molar refractivity (Wildman–Crippen MR) is 74.4 cm³/mol. The fourth-order valence-corrected chi connectivity index (χ4v) is 2.20. The highest BCUT2D eigenvalue weighted by molar-refractivity contribution is 5.75. The molecule has 3 heteroatoms. The minimum atomic E-state index is -0.333. The van der Waals surface area contributed by atoms with E-state index in [2.05, 4.69) is 36.4 Å². The van der Waals surface area contributed by atoms with Crippen molar-refractivity contribution in [3.8, 4) is 0 Å². The Morgan fingerprint density at radius 2 is 1.89 bits per heavy atom. The maximum atomic E-state index is 10.2. The SMILES string of the molecule is CC(C)C(C)C(O)Cc1nc2ccccc2n1C. The first-order valence-electron chi connectivity index (χ1n) is 6.59. The summed E-state index contributed by atoms with van der Waals surface area (Å²) in [5.41, 5.74) is 2.12. The molecule has 0 spiro atoms. The zero-order valence-corrected chi connectivity index (χ0v) is 11.6. The summed E-state index contributed by atoms with van der Waals surface area (Å²) in [6, 6.07) is 8.08. The Kier molecular flexibility index (Phi) is 3.71. The van der Waals surface area contributed by atoms with Crippen LogP contribution >= 0.6 is 0 Å². The molecule has 0 fully saturated rings. The number of nitrogens with zero attached hydrogens (tertiary/aromatic N) is 2. The molecule has 0 saturated carbocycles. The first kappa shape index (κ1) is 13.1. The van der Waals surface area contributed by atoms with Crippen LogP contribution in [-0.2, 0) is 13.5 Å². The summed E-state index contributed by atoms with van der Waals surface area (Å²) in [5.74, 6) is 1.72. The number of rotatable bonds is 4. The standard InChI is InChI=1S/C15H22N2O/c1-10(2)11(3)14(18)9-15-16-12-7-5-6-8-13(12)17(15)4/h5-8,10-11,14,18H,9H2,1-4H3. The second-order valence-electron chi connectivity index (χ2n) is 5.45. The summed E-state index contributed by atoms with van der Waals surface area (Å²) < 4.78 is 2.08. The van der Waals surface area contributed by atoms with E-state index in [1.54, 1.807) is 0 Å². The van der Waals surface area contributed by atoms with Gasteiger partial charge in [0.2, 0.25) is 0 Å². The number of para-hydroxylation sites is 2. The summed E-state index contributed by atoms with van der Waals surface area (Å²) in [6.07, 6.45) is 0.283. The Labute approximate surface area is 108 Å². The van der Waals surface area contributed by atoms with Crippen LogP contribution in [0.4, 0.5) is 0 Å². The minimum absolute atomic E-state index is 0.282. The van der Waals surface area contributed by atoms with Gasteiger partial charge in [0.15, 0.2) is 0 Å². The van der Waals surface area contributed by atoms with E-state index in [-0.39, 0.29) is 12.0 Å². The lowest BCUT2D eigenvalue weighted by Gasteiger charge is -2.21. The van der Waals surface area contributed by atoms with Gasteiger partial charge in [0.25, 0.3) is 0 Å². The van der Waals surface area contributed by atoms with Gasteiger partial charge in [-0.3, -0.25) is 0 Å².